The normalized spacial score (nSPS) is 11.6. The first kappa shape index (κ1) is 22.4. The molecule has 0 fully saturated rings. The van der Waals surface area contributed by atoms with Crippen molar-refractivity contribution in [1.82, 2.24) is 24.5 Å². The molecule has 0 unspecified atom stereocenters. The number of nitrogens with one attached hydrogen (secondary N) is 1. The number of rotatable bonds is 8. The van der Waals surface area contributed by atoms with E-state index in [0.29, 0.717) is 11.5 Å². The van der Waals surface area contributed by atoms with E-state index in [4.69, 9.17) is 0 Å². The maximum atomic E-state index is 14.1. The average molecular weight is 450 g/mol. The number of hydrogen-bond donors (Lipinski definition) is 1. The van der Waals surface area contributed by atoms with Crippen molar-refractivity contribution >= 4 is 21.6 Å². The second-order valence-electron chi connectivity index (χ2n) is 6.73. The minimum Gasteiger partial charge on any atom is -0.324 e. The fourth-order valence-electron chi connectivity index (χ4n) is 2.79. The minimum absolute atomic E-state index is 0.0309. The number of nitrogens with zero attached hydrogens (tertiary/aromatic N) is 5. The number of tetrazole rings is 1. The van der Waals surface area contributed by atoms with Crippen molar-refractivity contribution in [1.29, 1.82) is 0 Å². The van der Waals surface area contributed by atoms with Crippen LogP contribution in [0, 0.1) is 18.6 Å². The summed E-state index contributed by atoms with van der Waals surface area (Å²) in [6, 6.07) is 8.55. The van der Waals surface area contributed by atoms with Crippen LogP contribution in [0.2, 0.25) is 0 Å². The van der Waals surface area contributed by atoms with Gasteiger partial charge in [0.15, 0.2) is 5.82 Å². The molecular formula is C19H20F2N6O3S. The Morgan fingerprint density at radius 2 is 1.87 bits per heavy atom. The summed E-state index contributed by atoms with van der Waals surface area (Å²) in [5.74, 6) is -1.14. The highest BCUT2D eigenvalue weighted by atomic mass is 32.2. The lowest BCUT2D eigenvalue weighted by Crippen LogP contribution is -2.28. The van der Waals surface area contributed by atoms with Gasteiger partial charge >= 0.3 is 0 Å². The quantitative estimate of drug-likeness (QED) is 0.564. The largest absolute Gasteiger partial charge is 0.324 e. The van der Waals surface area contributed by atoms with Gasteiger partial charge in [-0.1, -0.05) is 0 Å². The SMILES string of the molecule is Cc1nnnn1-c1ccc(F)c(NC(=O)CCCN(C)S(=O)(=O)c2ccc(F)cc2)c1. The first-order chi connectivity index (χ1) is 14.7. The molecule has 0 bridgehead atoms. The summed E-state index contributed by atoms with van der Waals surface area (Å²) >= 11 is 0. The molecule has 12 heteroatoms. The Labute approximate surface area is 177 Å². The summed E-state index contributed by atoms with van der Waals surface area (Å²) in [4.78, 5) is 12.2. The Bertz CT molecular complexity index is 1180. The van der Waals surface area contributed by atoms with Gasteiger partial charge in [-0.25, -0.2) is 21.5 Å². The second-order valence-corrected chi connectivity index (χ2v) is 8.78. The molecule has 1 heterocycles. The molecule has 0 aliphatic heterocycles. The lowest BCUT2D eigenvalue weighted by atomic mass is 10.2. The molecule has 1 amide bonds. The number of halogens is 2. The van der Waals surface area contributed by atoms with Crippen LogP contribution in [0.5, 0.6) is 0 Å². The fraction of sp³-hybridized carbons (Fsp3) is 0.263. The van der Waals surface area contributed by atoms with Gasteiger partial charge < -0.3 is 5.32 Å². The highest BCUT2D eigenvalue weighted by Gasteiger charge is 2.20. The Kier molecular flexibility index (Phi) is 6.71. The van der Waals surface area contributed by atoms with Crippen molar-refractivity contribution in [2.24, 2.45) is 0 Å². The van der Waals surface area contributed by atoms with Gasteiger partial charge in [0.25, 0.3) is 0 Å². The molecule has 0 aliphatic rings. The summed E-state index contributed by atoms with van der Waals surface area (Å²) in [6.45, 7) is 1.73. The molecule has 0 atom stereocenters. The Hall–Kier alpha value is -3.25. The van der Waals surface area contributed by atoms with Crippen LogP contribution >= 0.6 is 0 Å². The van der Waals surface area contributed by atoms with Gasteiger partial charge in [-0.3, -0.25) is 4.79 Å². The standard InChI is InChI=1S/C19H20F2N6O3S/c1-13-23-24-25-27(13)15-7-10-17(21)18(12-15)22-19(28)4-3-11-26(2)31(29,30)16-8-5-14(20)6-9-16/h5-10,12H,3-4,11H2,1-2H3,(H,22,28). The summed E-state index contributed by atoms with van der Waals surface area (Å²) in [6.07, 6.45) is 0.174. The van der Waals surface area contributed by atoms with Crippen LogP contribution in [-0.2, 0) is 14.8 Å². The van der Waals surface area contributed by atoms with E-state index in [0.717, 1.165) is 16.4 Å². The fourth-order valence-corrected chi connectivity index (χ4v) is 4.00. The number of anilines is 1. The zero-order valence-electron chi connectivity index (χ0n) is 16.8. The maximum absolute atomic E-state index is 14.1. The van der Waals surface area contributed by atoms with Crippen molar-refractivity contribution in [3.8, 4) is 5.69 Å². The van der Waals surface area contributed by atoms with Gasteiger partial charge in [0.05, 0.1) is 16.3 Å². The van der Waals surface area contributed by atoms with Crippen LogP contribution in [0.15, 0.2) is 47.4 Å². The Morgan fingerprint density at radius 3 is 2.52 bits per heavy atom. The van der Waals surface area contributed by atoms with E-state index >= 15 is 0 Å². The summed E-state index contributed by atoms with van der Waals surface area (Å²) in [5.41, 5.74) is 0.439. The number of sulfonamides is 1. The van der Waals surface area contributed by atoms with Gasteiger partial charge in [-0.05, 0) is 66.2 Å². The summed E-state index contributed by atoms with van der Waals surface area (Å²) < 4.78 is 54.5. The molecule has 0 saturated heterocycles. The Morgan fingerprint density at radius 1 is 1.16 bits per heavy atom. The van der Waals surface area contributed by atoms with Gasteiger partial charge in [-0.2, -0.15) is 4.68 Å². The van der Waals surface area contributed by atoms with E-state index in [9.17, 15) is 22.0 Å². The van der Waals surface area contributed by atoms with Crippen LogP contribution in [-0.4, -0.2) is 52.4 Å². The number of amides is 1. The zero-order valence-corrected chi connectivity index (χ0v) is 17.6. The van der Waals surface area contributed by atoms with E-state index in [1.54, 1.807) is 6.92 Å². The first-order valence-electron chi connectivity index (χ1n) is 9.25. The molecule has 2 aromatic carbocycles. The van der Waals surface area contributed by atoms with Gasteiger partial charge in [-0.15, -0.1) is 5.10 Å². The topological polar surface area (TPSA) is 110 Å². The molecule has 0 radical (unpaired) electrons. The molecule has 0 saturated carbocycles. The van der Waals surface area contributed by atoms with Crippen LogP contribution in [0.4, 0.5) is 14.5 Å². The van der Waals surface area contributed by atoms with Crippen LogP contribution in [0.3, 0.4) is 0 Å². The maximum Gasteiger partial charge on any atom is 0.242 e. The smallest absolute Gasteiger partial charge is 0.242 e. The van der Waals surface area contributed by atoms with Gasteiger partial charge in [0.2, 0.25) is 15.9 Å². The predicted octanol–water partition coefficient (Wildman–Crippen LogP) is 2.29. The third-order valence-corrected chi connectivity index (χ3v) is 6.36. The van der Waals surface area contributed by atoms with Gasteiger partial charge in [0.1, 0.15) is 11.6 Å². The van der Waals surface area contributed by atoms with E-state index in [-0.39, 0.29) is 30.0 Å². The molecule has 3 rings (SSSR count). The number of aromatic nitrogens is 4. The number of benzene rings is 2. The lowest BCUT2D eigenvalue weighted by molar-refractivity contribution is -0.116. The van der Waals surface area contributed by atoms with Crippen molar-refractivity contribution in [2.75, 3.05) is 18.9 Å². The van der Waals surface area contributed by atoms with Crippen LogP contribution < -0.4 is 5.32 Å². The molecule has 1 aromatic heterocycles. The molecule has 164 valence electrons. The lowest BCUT2D eigenvalue weighted by Gasteiger charge is -2.17. The van der Waals surface area contributed by atoms with Crippen molar-refractivity contribution in [3.63, 3.8) is 0 Å². The summed E-state index contributed by atoms with van der Waals surface area (Å²) in [5, 5.41) is 13.6. The van der Waals surface area contributed by atoms with Crippen molar-refractivity contribution in [2.45, 2.75) is 24.7 Å². The molecule has 3 aromatic rings. The van der Waals surface area contributed by atoms with E-state index < -0.39 is 27.6 Å². The highest BCUT2D eigenvalue weighted by molar-refractivity contribution is 7.89. The number of hydrogen-bond acceptors (Lipinski definition) is 6. The number of carbonyl (C=O) groups excluding carboxylic acids is 1. The first-order valence-corrected chi connectivity index (χ1v) is 10.7. The van der Waals surface area contributed by atoms with Gasteiger partial charge in [0, 0.05) is 20.0 Å². The Balaban J connectivity index is 1.58. The molecule has 0 spiro atoms. The van der Waals surface area contributed by atoms with Crippen LogP contribution in [0.1, 0.15) is 18.7 Å². The second kappa shape index (κ2) is 9.27. The number of carbonyl (C=O) groups is 1. The molecule has 31 heavy (non-hydrogen) atoms. The molecule has 0 aliphatic carbocycles. The van der Waals surface area contributed by atoms with E-state index in [1.165, 1.54) is 42.1 Å². The zero-order chi connectivity index (χ0) is 22.6. The van der Waals surface area contributed by atoms with E-state index in [1.807, 2.05) is 0 Å². The molecular weight excluding hydrogens is 430 g/mol. The third-order valence-electron chi connectivity index (χ3n) is 4.49. The predicted molar refractivity (Wildman–Crippen MR) is 108 cm³/mol. The highest BCUT2D eigenvalue weighted by Crippen LogP contribution is 2.20. The monoisotopic (exact) mass is 450 g/mol. The molecule has 9 nitrogen and oxygen atoms in total. The number of aryl methyl sites for hydroxylation is 1. The third kappa shape index (κ3) is 5.27. The summed E-state index contributed by atoms with van der Waals surface area (Å²) in [7, 11) is -2.43. The van der Waals surface area contributed by atoms with Crippen LogP contribution in [0.25, 0.3) is 5.69 Å². The van der Waals surface area contributed by atoms with Crippen molar-refractivity contribution < 1.29 is 22.0 Å². The molecule has 1 N–H and O–H groups in total. The van der Waals surface area contributed by atoms with E-state index in [2.05, 4.69) is 20.8 Å². The minimum atomic E-state index is -3.80. The average Bonchev–Trinajstić information content (AvgIpc) is 3.15. The van der Waals surface area contributed by atoms with Crippen molar-refractivity contribution in [3.05, 3.63) is 59.9 Å².